The quantitative estimate of drug-likeness (QED) is 0.259. The number of nitrogens with zero attached hydrogens (tertiary/aromatic N) is 4. The second kappa shape index (κ2) is 7.70. The zero-order valence-electron chi connectivity index (χ0n) is 19.3. The fraction of sp³-hybridized carbons (Fsp3) is 0.107. The topological polar surface area (TPSA) is 90.8 Å². The zero-order chi connectivity index (χ0) is 24.2. The average molecular weight is 462 g/mol. The Bertz CT molecular complexity index is 1590. The van der Waals surface area contributed by atoms with Gasteiger partial charge < -0.3 is 24.3 Å². The molecule has 0 bridgehead atoms. The van der Waals surface area contributed by atoms with E-state index >= 15 is 0 Å². The van der Waals surface area contributed by atoms with Crippen molar-refractivity contribution in [2.75, 3.05) is 0 Å². The van der Waals surface area contributed by atoms with Gasteiger partial charge in [-0.05, 0) is 32.0 Å². The second-order valence-electron chi connectivity index (χ2n) is 8.96. The van der Waals surface area contributed by atoms with Crippen molar-refractivity contribution in [3.8, 4) is 28.4 Å². The minimum absolute atomic E-state index is 0.128. The summed E-state index contributed by atoms with van der Waals surface area (Å²) in [6, 6.07) is 22.5. The predicted molar refractivity (Wildman–Crippen MR) is 133 cm³/mol. The maximum Gasteiger partial charge on any atom is 0.202 e. The molecule has 172 valence electrons. The number of aromatic nitrogens is 5. The van der Waals surface area contributed by atoms with Crippen molar-refractivity contribution in [3.05, 3.63) is 97.2 Å². The molecule has 3 aromatic carbocycles. The van der Waals surface area contributed by atoms with Crippen molar-refractivity contribution < 1.29 is 14.8 Å². The molecule has 35 heavy (non-hydrogen) atoms. The summed E-state index contributed by atoms with van der Waals surface area (Å²) in [5, 5.41) is 23.1. The number of imidazole rings is 1. The molecule has 0 saturated carbocycles. The third-order valence-electron chi connectivity index (χ3n) is 6.47. The Balaban J connectivity index is 1.62. The van der Waals surface area contributed by atoms with E-state index in [2.05, 4.69) is 41.2 Å². The lowest BCUT2D eigenvalue weighted by atomic mass is 9.96. The number of nitrogens with one attached hydrogen (secondary N) is 1. The molecular formula is C28H23N5O2. The van der Waals surface area contributed by atoms with Gasteiger partial charge in [-0.15, -0.1) is 0 Å². The second-order valence-corrected chi connectivity index (χ2v) is 8.96. The minimum Gasteiger partial charge on any atom is -0.514 e. The minimum atomic E-state index is -0.647. The highest BCUT2D eigenvalue weighted by Crippen LogP contribution is 2.40. The van der Waals surface area contributed by atoms with E-state index in [1.807, 2.05) is 53.1 Å². The summed E-state index contributed by atoms with van der Waals surface area (Å²) in [6.07, 6.45) is 6.67. The first-order chi connectivity index (χ1) is 17.0. The highest BCUT2D eigenvalue weighted by molar-refractivity contribution is 5.99. The highest BCUT2D eigenvalue weighted by atomic mass is 16.3. The van der Waals surface area contributed by atoms with Gasteiger partial charge in [-0.3, -0.25) is 4.98 Å². The first-order valence-corrected chi connectivity index (χ1v) is 11.3. The molecule has 6 aromatic rings. The highest BCUT2D eigenvalue weighted by Gasteiger charge is 2.32. The van der Waals surface area contributed by atoms with E-state index < -0.39 is 5.54 Å². The number of aromatic hydroxyl groups is 2. The number of aromatic amines is 1. The Labute approximate surface area is 201 Å². The molecule has 0 unspecified atom stereocenters. The van der Waals surface area contributed by atoms with Gasteiger partial charge in [0.2, 0.25) is 5.65 Å². The van der Waals surface area contributed by atoms with Crippen LogP contribution in [-0.4, -0.2) is 29.7 Å². The maximum absolute atomic E-state index is 10.6. The summed E-state index contributed by atoms with van der Waals surface area (Å²) >= 11 is 0. The Morgan fingerprint density at radius 2 is 1.49 bits per heavy atom. The fourth-order valence-corrected chi connectivity index (χ4v) is 4.72. The first kappa shape index (κ1) is 20.9. The van der Waals surface area contributed by atoms with Gasteiger partial charge >= 0.3 is 0 Å². The maximum atomic E-state index is 10.6. The van der Waals surface area contributed by atoms with Gasteiger partial charge in [-0.25, -0.2) is 0 Å². The molecular weight excluding hydrogens is 438 g/mol. The number of benzene rings is 3. The van der Waals surface area contributed by atoms with Crippen LogP contribution in [0, 0.1) is 6.33 Å². The average Bonchev–Trinajstić information content (AvgIpc) is 3.45. The van der Waals surface area contributed by atoms with Gasteiger partial charge in [0.15, 0.2) is 12.0 Å². The third-order valence-corrected chi connectivity index (χ3v) is 6.47. The van der Waals surface area contributed by atoms with E-state index in [1.54, 1.807) is 35.2 Å². The van der Waals surface area contributed by atoms with Crippen LogP contribution in [0.15, 0.2) is 85.2 Å². The number of hydrogen-bond acceptors (Lipinski definition) is 4. The molecule has 3 aromatic heterocycles. The van der Waals surface area contributed by atoms with Crippen LogP contribution in [-0.2, 0) is 5.54 Å². The van der Waals surface area contributed by atoms with Crippen LogP contribution in [0.3, 0.4) is 0 Å². The lowest BCUT2D eigenvalue weighted by Crippen LogP contribution is -2.33. The van der Waals surface area contributed by atoms with Crippen molar-refractivity contribution in [2.24, 2.45) is 0 Å². The van der Waals surface area contributed by atoms with Gasteiger partial charge in [-0.1, -0.05) is 54.6 Å². The summed E-state index contributed by atoms with van der Waals surface area (Å²) in [6.45, 7) is 4.17. The van der Waals surface area contributed by atoms with Gasteiger partial charge in [-0.2, -0.15) is 4.98 Å². The van der Waals surface area contributed by atoms with E-state index in [4.69, 9.17) is 0 Å². The molecule has 7 heteroatoms. The summed E-state index contributed by atoms with van der Waals surface area (Å²) in [4.78, 5) is 12.8. The lowest BCUT2D eigenvalue weighted by Gasteiger charge is -2.26. The summed E-state index contributed by atoms with van der Waals surface area (Å²) < 4.78 is 3.67. The van der Waals surface area contributed by atoms with Crippen LogP contribution in [0.5, 0.6) is 11.5 Å². The monoisotopic (exact) mass is 461 g/mol. The zero-order valence-corrected chi connectivity index (χ0v) is 19.3. The van der Waals surface area contributed by atoms with Crippen molar-refractivity contribution in [2.45, 2.75) is 19.4 Å². The van der Waals surface area contributed by atoms with Gasteiger partial charge in [0.05, 0.1) is 23.3 Å². The Morgan fingerprint density at radius 3 is 2.26 bits per heavy atom. The van der Waals surface area contributed by atoms with E-state index in [9.17, 15) is 10.2 Å². The molecule has 0 amide bonds. The number of hydrogen-bond donors (Lipinski definition) is 3. The van der Waals surface area contributed by atoms with E-state index in [-0.39, 0.29) is 11.5 Å². The van der Waals surface area contributed by atoms with Crippen molar-refractivity contribution in [1.29, 1.82) is 0 Å². The number of H-pyrrole nitrogens is 1. The Kier molecular flexibility index (Phi) is 4.60. The summed E-state index contributed by atoms with van der Waals surface area (Å²) in [5.74, 6) is 0.341. The number of phenolic OH excluding ortho intramolecular Hbond substituents is 2. The third kappa shape index (κ3) is 3.16. The Hall–Kier alpha value is -4.65. The molecule has 6 rings (SSSR count). The lowest BCUT2D eigenvalue weighted by molar-refractivity contribution is -0.576. The molecule has 3 heterocycles. The van der Waals surface area contributed by atoms with Gasteiger partial charge in [0, 0.05) is 16.3 Å². The number of para-hydroxylation sites is 3. The molecule has 0 aliphatic carbocycles. The first-order valence-electron chi connectivity index (χ1n) is 11.3. The van der Waals surface area contributed by atoms with Crippen molar-refractivity contribution in [1.82, 2.24) is 19.5 Å². The number of fused-ring (bicyclic) bond motifs is 2. The standard InChI is InChI=1S/C28H23N5O2/c1-28(2,25-19-10-4-3-9-18(19)24(31-25)20-11-5-7-13-22(20)34)33-17-32(21-12-6-8-14-23(21)35)26-27(33)30-16-15-29-26/h3-16,31,34-35H,1-2H3. The van der Waals surface area contributed by atoms with Crippen LogP contribution in [0.1, 0.15) is 19.5 Å². The summed E-state index contributed by atoms with van der Waals surface area (Å²) in [5.41, 5.74) is 3.65. The van der Waals surface area contributed by atoms with E-state index in [0.717, 1.165) is 27.7 Å². The van der Waals surface area contributed by atoms with Crippen molar-refractivity contribution >= 4 is 22.1 Å². The van der Waals surface area contributed by atoms with E-state index in [0.29, 0.717) is 17.0 Å². The van der Waals surface area contributed by atoms with Crippen LogP contribution in [0.4, 0.5) is 0 Å². The molecule has 0 saturated heterocycles. The van der Waals surface area contributed by atoms with Gasteiger partial charge in [0.25, 0.3) is 0 Å². The molecule has 0 spiro atoms. The molecule has 7 nitrogen and oxygen atoms in total. The number of rotatable bonds is 4. The molecule has 0 aliphatic rings. The molecule has 0 aliphatic heterocycles. The van der Waals surface area contributed by atoms with Crippen LogP contribution >= 0.6 is 0 Å². The van der Waals surface area contributed by atoms with E-state index in [1.165, 1.54) is 0 Å². The SMILES string of the molecule is CC(C)(c1[nH]c(-c2ccccc2O)c2ccccc12)n1[c-][n+](-c2ccccc2O)c2nccnc21. The largest absolute Gasteiger partial charge is 0.514 e. The number of phenols is 2. The molecule has 0 fully saturated rings. The van der Waals surface area contributed by atoms with Crippen LogP contribution < -0.4 is 4.57 Å². The smallest absolute Gasteiger partial charge is 0.202 e. The van der Waals surface area contributed by atoms with Crippen LogP contribution in [0.2, 0.25) is 0 Å². The predicted octanol–water partition coefficient (Wildman–Crippen LogP) is 4.85. The molecule has 3 N–H and O–H groups in total. The van der Waals surface area contributed by atoms with Crippen LogP contribution in [0.25, 0.3) is 39.0 Å². The Morgan fingerprint density at radius 1 is 0.829 bits per heavy atom. The molecule has 0 radical (unpaired) electrons. The fourth-order valence-electron chi connectivity index (χ4n) is 4.72. The van der Waals surface area contributed by atoms with Crippen molar-refractivity contribution in [3.63, 3.8) is 0 Å². The normalized spacial score (nSPS) is 11.9. The summed E-state index contributed by atoms with van der Waals surface area (Å²) in [7, 11) is 0. The van der Waals surface area contributed by atoms with Gasteiger partial charge in [0.1, 0.15) is 23.2 Å². The molecule has 0 atom stereocenters.